The highest BCUT2D eigenvalue weighted by Gasteiger charge is 2.61. The number of sulfonamides is 1. The lowest BCUT2D eigenvalue weighted by Gasteiger charge is -2.43. The molecule has 0 saturated carbocycles. The number of hydrogen-bond acceptors (Lipinski definition) is 5. The molecule has 1 aliphatic rings. The molecule has 18 heavy (non-hydrogen) atoms. The molecule has 1 fully saturated rings. The van der Waals surface area contributed by atoms with E-state index in [2.05, 4.69) is 0 Å². The number of rotatable bonds is 2. The van der Waals surface area contributed by atoms with Gasteiger partial charge in [0.15, 0.2) is 4.75 Å². The van der Waals surface area contributed by atoms with Crippen LogP contribution < -0.4 is 14.8 Å². The molecule has 6 nitrogen and oxygen atoms in total. The molecule has 0 aliphatic carbocycles. The highest BCUT2D eigenvalue weighted by Crippen LogP contribution is 2.42. The van der Waals surface area contributed by atoms with Crippen LogP contribution in [-0.4, -0.2) is 26.2 Å². The van der Waals surface area contributed by atoms with Gasteiger partial charge in [-0.15, -0.1) is 0 Å². The zero-order chi connectivity index (χ0) is 13.7. The number of nitrogens with zero attached hydrogens (tertiary/aromatic N) is 1. The van der Waals surface area contributed by atoms with E-state index in [4.69, 9.17) is 10.5 Å². The van der Waals surface area contributed by atoms with Gasteiger partial charge in [-0.2, -0.15) is 0 Å². The van der Waals surface area contributed by atoms with Gasteiger partial charge in [-0.3, -0.25) is 4.79 Å². The standard InChI is InChI=1S/C11H14N2O4S/c1-11(2)10(14)13(18(11,15)16)9-5-4-7(17-3)6-8(9)12/h4-6H,12H2,1-3H3. The van der Waals surface area contributed by atoms with E-state index in [0.717, 1.165) is 4.31 Å². The van der Waals surface area contributed by atoms with Crippen LogP contribution in [0.2, 0.25) is 0 Å². The van der Waals surface area contributed by atoms with Crippen LogP contribution in [0.25, 0.3) is 0 Å². The number of methoxy groups -OCH3 is 1. The molecule has 0 unspecified atom stereocenters. The van der Waals surface area contributed by atoms with Crippen molar-refractivity contribution in [2.45, 2.75) is 18.6 Å². The number of hydrogen-bond donors (Lipinski definition) is 1. The molecule has 1 aliphatic heterocycles. The Balaban J connectivity index is 2.50. The molecule has 1 aromatic rings. The van der Waals surface area contributed by atoms with Gasteiger partial charge in [-0.05, 0) is 26.0 Å². The van der Waals surface area contributed by atoms with E-state index in [-0.39, 0.29) is 11.4 Å². The first-order valence-electron chi connectivity index (χ1n) is 5.26. The molecule has 0 aromatic heterocycles. The Kier molecular flexibility index (Phi) is 2.55. The lowest BCUT2D eigenvalue weighted by Crippen LogP contribution is -2.67. The molecule has 0 radical (unpaired) electrons. The maximum Gasteiger partial charge on any atom is 0.263 e. The Morgan fingerprint density at radius 2 is 1.94 bits per heavy atom. The monoisotopic (exact) mass is 270 g/mol. The summed E-state index contributed by atoms with van der Waals surface area (Å²) in [5.74, 6) is 0.0141. The number of nitrogens with two attached hydrogens (primary N) is 1. The zero-order valence-electron chi connectivity index (χ0n) is 10.3. The number of nitrogen functional groups attached to an aromatic ring is 1. The van der Waals surface area contributed by atoms with Crippen LogP contribution in [0.3, 0.4) is 0 Å². The van der Waals surface area contributed by atoms with Gasteiger partial charge in [0.25, 0.3) is 15.9 Å². The molecule has 0 spiro atoms. The lowest BCUT2D eigenvalue weighted by molar-refractivity contribution is -0.120. The van der Waals surface area contributed by atoms with Crippen LogP contribution in [0.1, 0.15) is 13.8 Å². The molecule has 0 bridgehead atoms. The van der Waals surface area contributed by atoms with Gasteiger partial charge in [-0.1, -0.05) is 0 Å². The van der Waals surface area contributed by atoms with Crippen molar-refractivity contribution in [3.8, 4) is 5.75 Å². The predicted octanol–water partition coefficient (Wildman–Crippen LogP) is 0.732. The van der Waals surface area contributed by atoms with Crippen molar-refractivity contribution in [1.82, 2.24) is 0 Å². The summed E-state index contributed by atoms with van der Waals surface area (Å²) in [7, 11) is -2.21. The van der Waals surface area contributed by atoms with Crippen molar-refractivity contribution in [3.05, 3.63) is 18.2 Å². The summed E-state index contributed by atoms with van der Waals surface area (Å²) in [6.07, 6.45) is 0. The van der Waals surface area contributed by atoms with Crippen molar-refractivity contribution < 1.29 is 17.9 Å². The third kappa shape index (κ3) is 1.40. The minimum absolute atomic E-state index is 0.167. The average molecular weight is 270 g/mol. The SMILES string of the molecule is COc1ccc(N2C(=O)C(C)(C)S2(=O)=O)c(N)c1. The molecule has 1 saturated heterocycles. The fraction of sp³-hybridized carbons (Fsp3) is 0.364. The molecule has 7 heteroatoms. The summed E-state index contributed by atoms with van der Waals surface area (Å²) < 4.78 is 28.3. The normalized spacial score (nSPS) is 20.4. The molecule has 1 heterocycles. The maximum absolute atomic E-state index is 12.0. The molecule has 2 rings (SSSR count). The lowest BCUT2D eigenvalue weighted by atomic mass is 10.1. The molecule has 2 N–H and O–H groups in total. The van der Waals surface area contributed by atoms with Crippen LogP contribution >= 0.6 is 0 Å². The van der Waals surface area contributed by atoms with Gasteiger partial charge in [-0.25, -0.2) is 12.7 Å². The topological polar surface area (TPSA) is 89.7 Å². The highest BCUT2D eigenvalue weighted by molar-refractivity contribution is 7.98. The summed E-state index contributed by atoms with van der Waals surface area (Å²) in [6.45, 7) is 2.75. The highest BCUT2D eigenvalue weighted by atomic mass is 32.2. The summed E-state index contributed by atoms with van der Waals surface area (Å²) in [5.41, 5.74) is 6.09. The second kappa shape index (κ2) is 3.61. The largest absolute Gasteiger partial charge is 0.497 e. The van der Waals surface area contributed by atoms with Gasteiger partial charge in [0.2, 0.25) is 0 Å². The predicted molar refractivity (Wildman–Crippen MR) is 67.9 cm³/mol. The molecule has 98 valence electrons. The van der Waals surface area contributed by atoms with E-state index >= 15 is 0 Å². The zero-order valence-corrected chi connectivity index (χ0v) is 11.1. The van der Waals surface area contributed by atoms with E-state index in [1.807, 2.05) is 0 Å². The first-order valence-corrected chi connectivity index (χ1v) is 6.70. The second-order valence-electron chi connectivity index (χ2n) is 4.51. The van der Waals surface area contributed by atoms with Crippen molar-refractivity contribution in [1.29, 1.82) is 0 Å². The number of carbonyl (C=O) groups excluding carboxylic acids is 1. The van der Waals surface area contributed by atoms with E-state index in [0.29, 0.717) is 5.75 Å². The van der Waals surface area contributed by atoms with Gasteiger partial charge < -0.3 is 10.5 Å². The molecule has 1 aromatic carbocycles. The molecular weight excluding hydrogens is 256 g/mol. The first kappa shape index (κ1) is 12.7. The minimum Gasteiger partial charge on any atom is -0.497 e. The second-order valence-corrected chi connectivity index (χ2v) is 6.85. The molecular formula is C11H14N2O4S. The molecule has 1 amide bonds. The quantitative estimate of drug-likeness (QED) is 0.800. The average Bonchev–Trinajstić information content (AvgIpc) is 2.30. The van der Waals surface area contributed by atoms with Gasteiger partial charge in [0, 0.05) is 6.07 Å². The Bertz CT molecular complexity index is 622. The van der Waals surface area contributed by atoms with Crippen molar-refractivity contribution in [2.24, 2.45) is 0 Å². The first-order chi connectivity index (χ1) is 8.23. The van der Waals surface area contributed by atoms with Crippen LogP contribution in [0.5, 0.6) is 5.75 Å². The van der Waals surface area contributed by atoms with E-state index < -0.39 is 20.7 Å². The fourth-order valence-electron chi connectivity index (χ4n) is 1.74. The Hall–Kier alpha value is -1.76. The van der Waals surface area contributed by atoms with Crippen molar-refractivity contribution in [2.75, 3.05) is 17.1 Å². The Labute approximate surface area is 105 Å². The summed E-state index contributed by atoms with van der Waals surface area (Å²) in [6, 6.07) is 4.49. The summed E-state index contributed by atoms with van der Waals surface area (Å²) in [4.78, 5) is 11.9. The third-order valence-corrected chi connectivity index (χ3v) is 5.35. The van der Waals surface area contributed by atoms with Gasteiger partial charge in [0.05, 0.1) is 18.5 Å². The number of anilines is 2. The van der Waals surface area contributed by atoms with E-state index in [9.17, 15) is 13.2 Å². The van der Waals surface area contributed by atoms with Crippen LogP contribution in [0.15, 0.2) is 18.2 Å². The smallest absolute Gasteiger partial charge is 0.263 e. The number of benzene rings is 1. The van der Waals surface area contributed by atoms with Gasteiger partial charge in [0.1, 0.15) is 5.75 Å². The summed E-state index contributed by atoms with van der Waals surface area (Å²) in [5, 5.41) is 0. The fourth-order valence-corrected chi connectivity index (χ4v) is 3.24. The summed E-state index contributed by atoms with van der Waals surface area (Å²) >= 11 is 0. The maximum atomic E-state index is 12.0. The number of amides is 1. The van der Waals surface area contributed by atoms with Gasteiger partial charge >= 0.3 is 0 Å². The third-order valence-electron chi connectivity index (χ3n) is 3.04. The van der Waals surface area contributed by atoms with Crippen molar-refractivity contribution >= 4 is 27.3 Å². The van der Waals surface area contributed by atoms with E-state index in [1.165, 1.54) is 33.1 Å². The number of carbonyl (C=O) groups is 1. The minimum atomic E-state index is -3.68. The van der Waals surface area contributed by atoms with Crippen molar-refractivity contribution in [3.63, 3.8) is 0 Å². The Morgan fingerprint density at radius 3 is 2.39 bits per heavy atom. The van der Waals surface area contributed by atoms with Crippen LogP contribution in [0, 0.1) is 0 Å². The van der Waals surface area contributed by atoms with Crippen LogP contribution in [0.4, 0.5) is 11.4 Å². The van der Waals surface area contributed by atoms with E-state index in [1.54, 1.807) is 6.07 Å². The van der Waals surface area contributed by atoms with Crippen LogP contribution in [-0.2, 0) is 14.8 Å². The molecule has 0 atom stereocenters. The number of ether oxygens (including phenoxy) is 1. The Morgan fingerprint density at radius 1 is 1.33 bits per heavy atom.